The van der Waals surface area contributed by atoms with Gasteiger partial charge in [-0.2, -0.15) is 5.10 Å². The molecule has 0 aromatic heterocycles. The number of primary amides is 1. The highest BCUT2D eigenvalue weighted by Gasteiger charge is 2.71. The Kier molecular flexibility index (Phi) is 7.50. The van der Waals surface area contributed by atoms with Gasteiger partial charge in [-0.05, 0) is 81.6 Å². The number of hydrazone groups is 1. The molecule has 0 aromatic rings. The molecule has 0 unspecified atom stereocenters. The van der Waals surface area contributed by atoms with E-state index >= 15 is 0 Å². The predicted molar refractivity (Wildman–Crippen MR) is 149 cm³/mol. The lowest BCUT2D eigenvalue weighted by atomic mass is 9.41. The standard InChI is InChI=1S/C30H45N3O9/c1-16-25(36)22(34)12-24(41-16)42-18-3-8-28(15-32-33-26(31)37)20-4-7-27(2)19(17-11-23(35)40-14-17)6-10-30(27,39)21(20)5-9-29(28,38)13-18/h11,15-16,18-22,24-25,34,36,38-39H,3-10,12-14H2,1-2H3,(H3,31,33,37)/b32-15-/t16-,18+,19-,20+,21+,22-,24+,25-,27+,28-,29-,30-/m0/s1. The van der Waals surface area contributed by atoms with Crippen molar-refractivity contribution < 1.29 is 44.2 Å². The number of carbonyl (C=O) groups excluding carboxylic acids is 2. The van der Waals surface area contributed by atoms with Crippen LogP contribution >= 0.6 is 0 Å². The van der Waals surface area contributed by atoms with E-state index in [-0.39, 0.29) is 42.9 Å². The van der Waals surface area contributed by atoms with Crippen LogP contribution in [0.25, 0.3) is 0 Å². The van der Waals surface area contributed by atoms with Crippen molar-refractivity contribution in [1.29, 1.82) is 0 Å². The van der Waals surface area contributed by atoms with Gasteiger partial charge in [0.05, 0.1) is 29.5 Å². The van der Waals surface area contributed by atoms with Crippen LogP contribution in [0.2, 0.25) is 0 Å². The summed E-state index contributed by atoms with van der Waals surface area (Å²) in [5.41, 5.74) is 5.09. The monoisotopic (exact) mass is 591 g/mol. The van der Waals surface area contributed by atoms with E-state index in [0.29, 0.717) is 44.9 Å². The van der Waals surface area contributed by atoms with E-state index in [0.717, 1.165) is 18.4 Å². The number of esters is 1. The summed E-state index contributed by atoms with van der Waals surface area (Å²) in [6.07, 6.45) is 5.06. The van der Waals surface area contributed by atoms with Crippen LogP contribution in [0.5, 0.6) is 0 Å². The maximum atomic E-state index is 12.5. The molecule has 4 saturated carbocycles. The second-order valence-electron chi connectivity index (χ2n) is 13.9. The average Bonchev–Trinajstić information content (AvgIpc) is 3.46. The number of rotatable bonds is 5. The van der Waals surface area contributed by atoms with Crippen molar-refractivity contribution >= 4 is 18.2 Å². The van der Waals surface area contributed by atoms with Crippen molar-refractivity contribution in [3.8, 4) is 0 Å². The van der Waals surface area contributed by atoms with Crippen molar-refractivity contribution in [2.24, 2.45) is 39.4 Å². The van der Waals surface area contributed by atoms with Crippen LogP contribution in [-0.2, 0) is 19.0 Å². The van der Waals surface area contributed by atoms with Crippen molar-refractivity contribution in [1.82, 2.24) is 5.43 Å². The molecule has 12 nitrogen and oxygen atoms in total. The van der Waals surface area contributed by atoms with Gasteiger partial charge in [-0.25, -0.2) is 15.0 Å². The third-order valence-electron chi connectivity index (χ3n) is 12.1. The van der Waals surface area contributed by atoms with Gasteiger partial charge in [-0.15, -0.1) is 0 Å². The molecule has 0 radical (unpaired) electrons. The van der Waals surface area contributed by atoms with Crippen LogP contribution in [0.15, 0.2) is 16.8 Å². The van der Waals surface area contributed by atoms with Crippen LogP contribution in [-0.4, -0.2) is 87.2 Å². The minimum absolute atomic E-state index is 0.0488. The molecular weight excluding hydrogens is 546 g/mol. The van der Waals surface area contributed by atoms with E-state index in [1.54, 1.807) is 19.2 Å². The molecule has 1 saturated heterocycles. The number of hydrogen-bond donors (Lipinski definition) is 6. The van der Waals surface area contributed by atoms with Gasteiger partial charge in [0, 0.05) is 36.0 Å². The maximum absolute atomic E-state index is 12.5. The smallest absolute Gasteiger partial charge is 0.332 e. The fourth-order valence-electron chi connectivity index (χ4n) is 10.00. The first-order valence-electron chi connectivity index (χ1n) is 15.4. The van der Waals surface area contributed by atoms with Crippen LogP contribution in [0, 0.1) is 28.6 Å². The molecule has 5 fully saturated rings. The zero-order valence-corrected chi connectivity index (χ0v) is 24.4. The molecule has 6 rings (SSSR count). The van der Waals surface area contributed by atoms with Gasteiger partial charge in [-0.3, -0.25) is 0 Å². The normalized spacial score (nSPS) is 50.4. The number of nitrogens with one attached hydrogen (secondary N) is 1. The van der Waals surface area contributed by atoms with E-state index in [1.165, 1.54) is 0 Å². The number of carbonyl (C=O) groups is 2. The number of aliphatic hydroxyl groups excluding tert-OH is 2. The first-order valence-corrected chi connectivity index (χ1v) is 15.4. The number of ether oxygens (including phenoxy) is 3. The number of amides is 2. The molecule has 0 spiro atoms. The number of cyclic esters (lactones) is 1. The van der Waals surface area contributed by atoms with Crippen LogP contribution in [0.4, 0.5) is 4.79 Å². The van der Waals surface area contributed by atoms with Crippen molar-refractivity contribution in [2.75, 3.05) is 6.61 Å². The molecule has 12 heteroatoms. The Bertz CT molecular complexity index is 1150. The molecule has 42 heavy (non-hydrogen) atoms. The minimum Gasteiger partial charge on any atom is -0.458 e. The molecular formula is C30H45N3O9. The van der Waals surface area contributed by atoms with Crippen molar-refractivity contribution in [3.05, 3.63) is 11.6 Å². The number of fused-ring (bicyclic) bond motifs is 5. The first kappa shape index (κ1) is 30.0. The molecule has 0 bridgehead atoms. The lowest BCUT2D eigenvalue weighted by Gasteiger charge is -2.66. The lowest BCUT2D eigenvalue weighted by molar-refractivity contribution is -0.282. The predicted octanol–water partition coefficient (Wildman–Crippen LogP) is 1.23. The number of urea groups is 1. The molecule has 0 aromatic carbocycles. The molecule has 2 aliphatic heterocycles. The molecule has 4 aliphatic carbocycles. The summed E-state index contributed by atoms with van der Waals surface area (Å²) in [5.74, 6) is -0.495. The summed E-state index contributed by atoms with van der Waals surface area (Å²) in [6.45, 7) is 4.11. The van der Waals surface area contributed by atoms with Gasteiger partial charge in [-0.1, -0.05) is 6.92 Å². The number of hydrogen-bond acceptors (Lipinski definition) is 10. The zero-order valence-electron chi connectivity index (χ0n) is 24.4. The summed E-state index contributed by atoms with van der Waals surface area (Å²) < 4.78 is 17.3. The first-order chi connectivity index (χ1) is 19.8. The molecule has 234 valence electrons. The lowest BCUT2D eigenvalue weighted by Crippen LogP contribution is -2.69. The van der Waals surface area contributed by atoms with Crippen LogP contribution in [0.1, 0.15) is 78.1 Å². The van der Waals surface area contributed by atoms with Gasteiger partial charge in [0.15, 0.2) is 6.29 Å². The third kappa shape index (κ3) is 4.52. The van der Waals surface area contributed by atoms with E-state index in [9.17, 15) is 30.0 Å². The van der Waals surface area contributed by atoms with Gasteiger partial charge in [0.1, 0.15) is 12.7 Å². The number of aliphatic hydroxyl groups is 4. The van der Waals surface area contributed by atoms with Crippen LogP contribution < -0.4 is 11.2 Å². The summed E-state index contributed by atoms with van der Waals surface area (Å²) in [6, 6.07) is -0.796. The third-order valence-corrected chi connectivity index (χ3v) is 12.1. The van der Waals surface area contributed by atoms with Gasteiger partial charge < -0.3 is 40.4 Å². The average molecular weight is 592 g/mol. The van der Waals surface area contributed by atoms with Gasteiger partial charge >= 0.3 is 12.0 Å². The Morgan fingerprint density at radius 2 is 1.90 bits per heavy atom. The Hall–Kier alpha value is -2.09. The molecule has 2 amide bonds. The highest BCUT2D eigenvalue weighted by atomic mass is 16.7. The minimum atomic E-state index is -1.23. The Morgan fingerprint density at radius 1 is 1.14 bits per heavy atom. The number of nitrogens with two attached hydrogens (primary N) is 1. The second-order valence-corrected chi connectivity index (χ2v) is 13.9. The fourth-order valence-corrected chi connectivity index (χ4v) is 10.00. The topological polar surface area (TPSA) is 193 Å². The number of nitrogens with zero attached hydrogens (tertiary/aromatic N) is 1. The van der Waals surface area contributed by atoms with Crippen molar-refractivity contribution in [3.63, 3.8) is 0 Å². The summed E-state index contributed by atoms with van der Waals surface area (Å²) in [7, 11) is 0. The molecule has 7 N–H and O–H groups in total. The van der Waals surface area contributed by atoms with E-state index < -0.39 is 52.7 Å². The Morgan fingerprint density at radius 3 is 2.60 bits per heavy atom. The zero-order chi connectivity index (χ0) is 30.1. The molecule has 2 heterocycles. The summed E-state index contributed by atoms with van der Waals surface area (Å²) >= 11 is 0. The van der Waals surface area contributed by atoms with E-state index in [4.69, 9.17) is 19.9 Å². The van der Waals surface area contributed by atoms with Crippen LogP contribution in [0.3, 0.4) is 0 Å². The van der Waals surface area contributed by atoms with Crippen molar-refractivity contribution in [2.45, 2.75) is 120 Å². The fraction of sp³-hybridized carbons (Fsp3) is 0.833. The van der Waals surface area contributed by atoms with Gasteiger partial charge in [0.25, 0.3) is 0 Å². The highest BCUT2D eigenvalue weighted by molar-refractivity contribution is 5.85. The quantitative estimate of drug-likeness (QED) is 0.118. The summed E-state index contributed by atoms with van der Waals surface area (Å²) in [4.78, 5) is 23.4. The summed E-state index contributed by atoms with van der Waals surface area (Å²) in [5, 5.41) is 49.5. The largest absolute Gasteiger partial charge is 0.458 e. The Labute approximate surface area is 245 Å². The van der Waals surface area contributed by atoms with E-state index in [1.807, 2.05) is 0 Å². The molecule has 6 aliphatic rings. The second kappa shape index (κ2) is 10.5. The maximum Gasteiger partial charge on any atom is 0.332 e. The molecule has 12 atom stereocenters. The van der Waals surface area contributed by atoms with E-state index in [2.05, 4.69) is 17.5 Å². The SMILES string of the molecule is C[C@@H]1O[C@H](O[C@@H]2CC[C@]3(/C=N\NC(N)=O)[C@@H]4CC[C@]5(C)[C@H](C6=CC(=O)OC6)CC[C@]5(O)[C@@H]4CC[C@]3(O)C2)C[C@H](O)[C@H]1O. The van der Waals surface area contributed by atoms with Gasteiger partial charge in [0.2, 0.25) is 0 Å². The highest BCUT2D eigenvalue weighted by Crippen LogP contribution is 2.70. The Balaban J connectivity index is 1.27.